The highest BCUT2D eigenvalue weighted by Gasteiger charge is 2.44. The first kappa shape index (κ1) is 7.29. The van der Waals surface area contributed by atoms with E-state index in [9.17, 15) is 4.79 Å². The molecule has 62 valence electrons. The van der Waals surface area contributed by atoms with Gasteiger partial charge in [0, 0.05) is 24.9 Å². The van der Waals surface area contributed by atoms with E-state index in [1.54, 1.807) is 0 Å². The summed E-state index contributed by atoms with van der Waals surface area (Å²) in [5.41, 5.74) is 0. The smallest absolute Gasteiger partial charge is 0.141 e. The molecule has 11 heavy (non-hydrogen) atoms. The molecule has 0 aromatic carbocycles. The van der Waals surface area contributed by atoms with Crippen molar-refractivity contribution in [3.8, 4) is 0 Å². The number of hydrogen-bond acceptors (Lipinski definition) is 2. The summed E-state index contributed by atoms with van der Waals surface area (Å²) in [6.45, 7) is 5.47. The zero-order chi connectivity index (χ0) is 7.84. The quantitative estimate of drug-likeness (QED) is 0.588. The normalized spacial score (nSPS) is 37.0. The van der Waals surface area contributed by atoms with E-state index in [-0.39, 0.29) is 0 Å². The molecule has 0 aromatic rings. The van der Waals surface area contributed by atoms with Crippen molar-refractivity contribution in [2.24, 2.45) is 11.8 Å². The maximum Gasteiger partial charge on any atom is 0.141 e. The van der Waals surface area contributed by atoms with Crippen LogP contribution in [-0.4, -0.2) is 30.3 Å². The summed E-state index contributed by atoms with van der Waals surface area (Å²) in [7, 11) is 0. The van der Waals surface area contributed by atoms with Gasteiger partial charge in [-0.15, -0.1) is 0 Å². The van der Waals surface area contributed by atoms with Crippen LogP contribution in [0.25, 0.3) is 0 Å². The number of rotatable bonds is 2. The van der Waals surface area contributed by atoms with Crippen LogP contribution in [0.15, 0.2) is 0 Å². The lowest BCUT2D eigenvalue weighted by atomic mass is 9.70. The van der Waals surface area contributed by atoms with E-state index in [2.05, 4.69) is 11.8 Å². The Labute approximate surface area is 67.6 Å². The third-order valence-corrected chi connectivity index (χ3v) is 2.87. The Hall–Kier alpha value is -0.370. The monoisotopic (exact) mass is 153 g/mol. The molecule has 1 aliphatic carbocycles. The lowest BCUT2D eigenvalue weighted by molar-refractivity contribution is -0.143. The van der Waals surface area contributed by atoms with Gasteiger partial charge in [0.1, 0.15) is 5.78 Å². The minimum absolute atomic E-state index is 0.417. The molecular formula is C9H15NO. The van der Waals surface area contributed by atoms with E-state index in [1.807, 2.05) is 0 Å². The number of hydrogen-bond donors (Lipinski definition) is 0. The molecule has 0 N–H and O–H groups in total. The highest BCUT2D eigenvalue weighted by Crippen LogP contribution is 2.35. The van der Waals surface area contributed by atoms with Crippen LogP contribution in [0.2, 0.25) is 0 Å². The van der Waals surface area contributed by atoms with Crippen LogP contribution in [0.3, 0.4) is 0 Å². The molecule has 1 saturated carbocycles. The van der Waals surface area contributed by atoms with Gasteiger partial charge in [0.15, 0.2) is 0 Å². The number of carbonyl (C=O) groups excluding carboxylic acids is 1. The second-order valence-electron chi connectivity index (χ2n) is 3.79. The fourth-order valence-electron chi connectivity index (χ4n) is 2.27. The zero-order valence-electron chi connectivity index (χ0n) is 7.05. The van der Waals surface area contributed by atoms with Crippen LogP contribution in [-0.2, 0) is 4.79 Å². The highest BCUT2D eigenvalue weighted by molar-refractivity contribution is 5.90. The van der Waals surface area contributed by atoms with Crippen molar-refractivity contribution >= 4 is 5.78 Å². The molecule has 2 atom stereocenters. The van der Waals surface area contributed by atoms with Crippen LogP contribution >= 0.6 is 0 Å². The van der Waals surface area contributed by atoms with E-state index in [1.165, 1.54) is 19.4 Å². The molecule has 3 rings (SSSR count). The van der Waals surface area contributed by atoms with Crippen molar-refractivity contribution in [2.45, 2.75) is 19.8 Å². The van der Waals surface area contributed by atoms with Crippen molar-refractivity contribution in [3.63, 3.8) is 0 Å². The molecule has 0 amide bonds. The summed E-state index contributed by atoms with van der Waals surface area (Å²) in [6.07, 6.45) is 2.40. The molecule has 2 nitrogen and oxygen atoms in total. The molecule has 0 aromatic heterocycles. The van der Waals surface area contributed by atoms with Gasteiger partial charge < -0.3 is 4.90 Å². The lowest BCUT2D eigenvalue weighted by Gasteiger charge is -2.45. The summed E-state index contributed by atoms with van der Waals surface area (Å²) in [4.78, 5) is 13.6. The van der Waals surface area contributed by atoms with Gasteiger partial charge in [0.25, 0.3) is 0 Å². The topological polar surface area (TPSA) is 20.3 Å². The Morgan fingerprint density at radius 1 is 1.45 bits per heavy atom. The first-order valence-corrected chi connectivity index (χ1v) is 4.57. The molecule has 3 fully saturated rings. The van der Waals surface area contributed by atoms with Gasteiger partial charge in [-0.2, -0.15) is 0 Å². The first-order valence-electron chi connectivity index (χ1n) is 4.57. The van der Waals surface area contributed by atoms with Crippen molar-refractivity contribution in [2.75, 3.05) is 19.6 Å². The zero-order valence-corrected chi connectivity index (χ0v) is 7.05. The summed E-state index contributed by atoms with van der Waals surface area (Å²) >= 11 is 0. The SMILES string of the molecule is CCCN1C[C@H]2C[C@@H](C1)C2=O. The van der Waals surface area contributed by atoms with Gasteiger partial charge in [0.2, 0.25) is 0 Å². The van der Waals surface area contributed by atoms with Gasteiger partial charge in [-0.3, -0.25) is 4.79 Å². The summed E-state index contributed by atoms with van der Waals surface area (Å²) < 4.78 is 0. The van der Waals surface area contributed by atoms with E-state index in [0.717, 1.165) is 13.1 Å². The highest BCUT2D eigenvalue weighted by atomic mass is 16.1. The first-order chi connectivity index (χ1) is 5.31. The predicted octanol–water partition coefficient (Wildman–Crippen LogP) is 0.917. The third-order valence-electron chi connectivity index (χ3n) is 2.87. The molecular weight excluding hydrogens is 138 g/mol. The van der Waals surface area contributed by atoms with Crippen LogP contribution in [0.5, 0.6) is 0 Å². The Bertz CT molecular complexity index is 164. The maximum absolute atomic E-state index is 11.2. The summed E-state index contributed by atoms with van der Waals surface area (Å²) in [5.74, 6) is 1.37. The van der Waals surface area contributed by atoms with Crippen molar-refractivity contribution in [1.82, 2.24) is 4.90 Å². The minimum Gasteiger partial charge on any atom is -0.302 e. The van der Waals surface area contributed by atoms with E-state index < -0.39 is 0 Å². The van der Waals surface area contributed by atoms with Crippen molar-refractivity contribution in [3.05, 3.63) is 0 Å². The van der Waals surface area contributed by atoms with E-state index in [4.69, 9.17) is 0 Å². The van der Waals surface area contributed by atoms with Crippen molar-refractivity contribution < 1.29 is 4.79 Å². The third kappa shape index (κ3) is 1.09. The minimum atomic E-state index is 0.417. The summed E-state index contributed by atoms with van der Waals surface area (Å²) in [5, 5.41) is 0. The van der Waals surface area contributed by atoms with E-state index in [0.29, 0.717) is 17.6 Å². The van der Waals surface area contributed by atoms with E-state index >= 15 is 0 Å². The number of Topliss-reactive ketones (excluding diaryl/α,β-unsaturated/α-hetero) is 1. The molecule has 0 unspecified atom stereocenters. The Morgan fingerprint density at radius 2 is 2.09 bits per heavy atom. The van der Waals surface area contributed by atoms with Gasteiger partial charge in [-0.1, -0.05) is 6.92 Å². The van der Waals surface area contributed by atoms with Crippen LogP contribution in [0.1, 0.15) is 19.8 Å². The van der Waals surface area contributed by atoms with Crippen LogP contribution in [0.4, 0.5) is 0 Å². The Kier molecular flexibility index (Phi) is 1.72. The molecule has 2 saturated heterocycles. The second-order valence-corrected chi connectivity index (χ2v) is 3.79. The standard InChI is InChI=1S/C9H15NO/c1-2-3-10-5-7-4-8(6-10)9(7)11/h7-8H,2-6H2,1H3/t7-,8+. The number of ketones is 1. The average Bonchev–Trinajstić information content (AvgIpc) is 2.05. The average molecular weight is 153 g/mol. The Balaban J connectivity index is 1.89. The molecule has 0 spiro atoms. The lowest BCUT2D eigenvalue weighted by Crippen LogP contribution is -2.55. The number of nitrogens with zero attached hydrogens (tertiary/aromatic N) is 1. The van der Waals surface area contributed by atoms with Crippen molar-refractivity contribution in [1.29, 1.82) is 0 Å². The molecule has 3 aliphatic rings. The molecule has 2 heterocycles. The van der Waals surface area contributed by atoms with Gasteiger partial charge in [-0.25, -0.2) is 0 Å². The maximum atomic E-state index is 11.2. The van der Waals surface area contributed by atoms with Gasteiger partial charge in [-0.05, 0) is 19.4 Å². The number of carbonyl (C=O) groups is 1. The van der Waals surface area contributed by atoms with Crippen LogP contribution in [0, 0.1) is 11.8 Å². The second kappa shape index (κ2) is 2.59. The Morgan fingerprint density at radius 3 is 2.55 bits per heavy atom. The number of fused-ring (bicyclic) bond motifs is 2. The van der Waals surface area contributed by atoms with Gasteiger partial charge >= 0.3 is 0 Å². The molecule has 2 bridgehead atoms. The summed E-state index contributed by atoms with van der Waals surface area (Å²) in [6, 6.07) is 0. The fourth-order valence-corrected chi connectivity index (χ4v) is 2.27. The molecule has 0 radical (unpaired) electrons. The number of piperidine rings is 2. The fraction of sp³-hybridized carbons (Fsp3) is 0.889. The molecule has 2 aliphatic heterocycles. The van der Waals surface area contributed by atoms with Crippen LogP contribution < -0.4 is 0 Å². The molecule has 2 heteroatoms. The largest absolute Gasteiger partial charge is 0.302 e. The predicted molar refractivity (Wildman–Crippen MR) is 43.3 cm³/mol. The van der Waals surface area contributed by atoms with Gasteiger partial charge in [0.05, 0.1) is 0 Å².